The first-order valence-corrected chi connectivity index (χ1v) is 7.13. The molecule has 0 spiro atoms. The van der Waals surface area contributed by atoms with Gasteiger partial charge in [-0.05, 0) is 47.6 Å². The van der Waals surface area contributed by atoms with Gasteiger partial charge in [0.2, 0.25) is 0 Å². The molecule has 0 bridgehead atoms. The summed E-state index contributed by atoms with van der Waals surface area (Å²) in [6.07, 6.45) is -0.422. The quantitative estimate of drug-likeness (QED) is 0.634. The predicted octanol–water partition coefficient (Wildman–Crippen LogP) is 2.90. The van der Waals surface area contributed by atoms with Gasteiger partial charge in [0.15, 0.2) is 5.11 Å². The Kier molecular flexibility index (Phi) is 5.80. The molecule has 0 saturated carbocycles. The third-order valence-electron chi connectivity index (χ3n) is 3.03. The summed E-state index contributed by atoms with van der Waals surface area (Å²) in [7, 11) is 0. The van der Waals surface area contributed by atoms with E-state index in [2.05, 4.69) is 5.32 Å². The van der Waals surface area contributed by atoms with Crippen molar-refractivity contribution in [3.05, 3.63) is 71.3 Å². The van der Waals surface area contributed by atoms with Crippen LogP contribution in [0.1, 0.15) is 17.2 Å². The summed E-state index contributed by atoms with van der Waals surface area (Å²) in [5.41, 5.74) is 6.91. The van der Waals surface area contributed by atoms with Gasteiger partial charge in [-0.3, -0.25) is 0 Å². The lowest BCUT2D eigenvalue weighted by Crippen LogP contribution is -2.32. The van der Waals surface area contributed by atoms with Crippen molar-refractivity contribution in [2.24, 2.45) is 5.73 Å². The summed E-state index contributed by atoms with van der Waals surface area (Å²) in [4.78, 5) is 0. The van der Waals surface area contributed by atoms with E-state index in [1.165, 1.54) is 24.3 Å². The summed E-state index contributed by atoms with van der Waals surface area (Å²) >= 11 is 4.72. The molecule has 6 heteroatoms. The molecule has 0 heterocycles. The molecule has 0 unspecified atom stereocenters. The van der Waals surface area contributed by atoms with Gasteiger partial charge in [0.1, 0.15) is 17.7 Å². The van der Waals surface area contributed by atoms with Gasteiger partial charge in [-0.15, -0.1) is 0 Å². The van der Waals surface area contributed by atoms with Crippen LogP contribution in [0.2, 0.25) is 0 Å². The van der Waals surface area contributed by atoms with E-state index in [0.717, 1.165) is 11.1 Å². The van der Waals surface area contributed by atoms with Gasteiger partial charge in [-0.1, -0.05) is 24.3 Å². The fourth-order valence-electron chi connectivity index (χ4n) is 2.01. The van der Waals surface area contributed by atoms with Crippen molar-refractivity contribution < 1.29 is 13.5 Å². The van der Waals surface area contributed by atoms with Crippen LogP contribution in [0.3, 0.4) is 0 Å². The van der Waals surface area contributed by atoms with Crippen LogP contribution in [-0.2, 0) is 4.74 Å². The maximum atomic E-state index is 13.1. The molecule has 0 aliphatic rings. The molecule has 0 aliphatic heterocycles. The summed E-state index contributed by atoms with van der Waals surface area (Å²) in [5.74, 6) is -0.645. The van der Waals surface area contributed by atoms with Crippen LogP contribution in [0.15, 0.2) is 48.5 Å². The van der Waals surface area contributed by atoms with Gasteiger partial charge < -0.3 is 15.8 Å². The number of nitrogens with two attached hydrogens (primary N) is 1. The van der Waals surface area contributed by atoms with Crippen molar-refractivity contribution in [2.75, 3.05) is 13.2 Å². The molecule has 3 N–H and O–H groups in total. The second kappa shape index (κ2) is 7.82. The number of hydrogen-bond acceptors (Lipinski definition) is 2. The molecule has 3 nitrogen and oxygen atoms in total. The van der Waals surface area contributed by atoms with Crippen molar-refractivity contribution in [3.63, 3.8) is 0 Å². The minimum atomic E-state index is -0.422. The Labute approximate surface area is 133 Å². The van der Waals surface area contributed by atoms with E-state index in [-0.39, 0.29) is 16.7 Å². The zero-order valence-corrected chi connectivity index (χ0v) is 12.6. The normalized spacial score (nSPS) is 10.7. The van der Waals surface area contributed by atoms with Gasteiger partial charge >= 0.3 is 0 Å². The van der Waals surface area contributed by atoms with E-state index in [1.54, 1.807) is 24.3 Å². The molecular weight excluding hydrogens is 306 g/mol. The Bertz CT molecular complexity index is 572. The minimum Gasteiger partial charge on any atom is -0.376 e. The SMILES string of the molecule is NC(=S)NCCOC(c1ccc(F)cc1)c1ccc(F)cc1. The van der Waals surface area contributed by atoms with Crippen molar-refractivity contribution in [1.82, 2.24) is 5.32 Å². The van der Waals surface area contributed by atoms with Crippen LogP contribution in [0.25, 0.3) is 0 Å². The molecule has 0 radical (unpaired) electrons. The molecule has 2 aromatic carbocycles. The summed E-state index contributed by atoms with van der Waals surface area (Å²) in [5, 5.41) is 2.98. The first-order valence-electron chi connectivity index (χ1n) is 6.72. The summed E-state index contributed by atoms with van der Waals surface area (Å²) < 4.78 is 32.0. The van der Waals surface area contributed by atoms with E-state index < -0.39 is 6.10 Å². The van der Waals surface area contributed by atoms with Crippen LogP contribution in [0, 0.1) is 11.6 Å². The molecule has 116 valence electrons. The standard InChI is InChI=1S/C16H16F2N2OS/c17-13-5-1-11(2-6-13)15(21-10-9-20-16(19)22)12-3-7-14(18)8-4-12/h1-8,15H,9-10H2,(H3,19,20,22). The molecule has 0 aliphatic carbocycles. The fourth-order valence-corrected chi connectivity index (χ4v) is 2.11. The van der Waals surface area contributed by atoms with Gasteiger partial charge in [0, 0.05) is 6.54 Å². The highest BCUT2D eigenvalue weighted by molar-refractivity contribution is 7.80. The summed E-state index contributed by atoms with van der Waals surface area (Å²) in [6.45, 7) is 0.797. The van der Waals surface area contributed by atoms with Crippen LogP contribution in [-0.4, -0.2) is 18.3 Å². The van der Waals surface area contributed by atoms with E-state index >= 15 is 0 Å². The Balaban J connectivity index is 2.14. The maximum Gasteiger partial charge on any atom is 0.163 e. The Morgan fingerprint density at radius 1 is 1.00 bits per heavy atom. The van der Waals surface area contributed by atoms with Crippen molar-refractivity contribution in [3.8, 4) is 0 Å². The number of rotatable bonds is 6. The molecule has 0 atom stereocenters. The van der Waals surface area contributed by atoms with Gasteiger partial charge in [-0.25, -0.2) is 8.78 Å². The lowest BCUT2D eigenvalue weighted by Gasteiger charge is -2.19. The number of hydrogen-bond donors (Lipinski definition) is 2. The number of benzene rings is 2. The van der Waals surface area contributed by atoms with E-state index in [0.29, 0.717) is 13.2 Å². The molecular formula is C16H16F2N2OS. The topological polar surface area (TPSA) is 47.3 Å². The lowest BCUT2D eigenvalue weighted by atomic mass is 10.0. The largest absolute Gasteiger partial charge is 0.376 e. The Morgan fingerprint density at radius 2 is 1.45 bits per heavy atom. The highest BCUT2D eigenvalue weighted by atomic mass is 32.1. The molecule has 2 aromatic rings. The third kappa shape index (κ3) is 4.75. The molecule has 0 fully saturated rings. The lowest BCUT2D eigenvalue weighted by molar-refractivity contribution is 0.0843. The van der Waals surface area contributed by atoms with Crippen LogP contribution in [0.4, 0.5) is 8.78 Å². The fraction of sp³-hybridized carbons (Fsp3) is 0.188. The van der Waals surface area contributed by atoms with Crippen LogP contribution < -0.4 is 11.1 Å². The molecule has 2 rings (SSSR count). The number of nitrogens with one attached hydrogen (secondary N) is 1. The molecule has 22 heavy (non-hydrogen) atoms. The minimum absolute atomic E-state index is 0.198. The Morgan fingerprint density at radius 3 is 1.86 bits per heavy atom. The first-order chi connectivity index (χ1) is 10.6. The maximum absolute atomic E-state index is 13.1. The number of thiocarbonyl (C=S) groups is 1. The van der Waals surface area contributed by atoms with Crippen LogP contribution in [0.5, 0.6) is 0 Å². The van der Waals surface area contributed by atoms with E-state index in [9.17, 15) is 8.78 Å². The highest BCUT2D eigenvalue weighted by Crippen LogP contribution is 2.26. The van der Waals surface area contributed by atoms with E-state index in [1.807, 2.05) is 0 Å². The monoisotopic (exact) mass is 322 g/mol. The van der Waals surface area contributed by atoms with Gasteiger partial charge in [0.25, 0.3) is 0 Å². The van der Waals surface area contributed by atoms with Gasteiger partial charge in [0.05, 0.1) is 6.61 Å². The Hall–Kier alpha value is -2.05. The molecule has 0 saturated heterocycles. The van der Waals surface area contributed by atoms with Gasteiger partial charge in [-0.2, -0.15) is 0 Å². The van der Waals surface area contributed by atoms with Crippen molar-refractivity contribution >= 4 is 17.3 Å². The third-order valence-corrected chi connectivity index (χ3v) is 3.18. The van der Waals surface area contributed by atoms with Crippen LogP contribution >= 0.6 is 12.2 Å². The zero-order valence-electron chi connectivity index (χ0n) is 11.8. The highest BCUT2D eigenvalue weighted by Gasteiger charge is 2.15. The van der Waals surface area contributed by atoms with Crippen molar-refractivity contribution in [2.45, 2.75) is 6.10 Å². The molecule has 0 amide bonds. The average Bonchev–Trinajstić information content (AvgIpc) is 2.50. The van der Waals surface area contributed by atoms with Crippen molar-refractivity contribution in [1.29, 1.82) is 0 Å². The number of halogens is 2. The summed E-state index contributed by atoms with van der Waals surface area (Å²) in [6, 6.07) is 12.0. The second-order valence-corrected chi connectivity index (χ2v) is 5.08. The predicted molar refractivity (Wildman–Crippen MR) is 85.4 cm³/mol. The first kappa shape index (κ1) is 16.3. The second-order valence-electron chi connectivity index (χ2n) is 4.64. The smallest absolute Gasteiger partial charge is 0.163 e. The molecule has 0 aromatic heterocycles. The number of ether oxygens (including phenoxy) is 1. The zero-order chi connectivity index (χ0) is 15.9. The van der Waals surface area contributed by atoms with E-state index in [4.69, 9.17) is 22.7 Å². The average molecular weight is 322 g/mol.